The van der Waals surface area contributed by atoms with Crippen LogP contribution in [0.25, 0.3) is 0 Å². The van der Waals surface area contributed by atoms with Crippen molar-refractivity contribution in [3.05, 3.63) is 0 Å². The SMILES string of the molecule is COC1CC(S(=O)(=O)F)C1. The van der Waals surface area contributed by atoms with Crippen LogP contribution in [-0.2, 0) is 15.0 Å². The molecule has 0 aromatic heterocycles. The van der Waals surface area contributed by atoms with Gasteiger partial charge in [-0.15, -0.1) is 3.89 Å². The first-order valence-corrected chi connectivity index (χ1v) is 4.45. The summed E-state index contributed by atoms with van der Waals surface area (Å²) < 4.78 is 37.1. The highest BCUT2D eigenvalue weighted by Crippen LogP contribution is 2.29. The third-order valence-electron chi connectivity index (χ3n) is 1.78. The van der Waals surface area contributed by atoms with Gasteiger partial charge in [-0.05, 0) is 12.8 Å². The molecule has 3 nitrogen and oxygen atoms in total. The van der Waals surface area contributed by atoms with Crippen LogP contribution in [0.4, 0.5) is 3.89 Å². The maximum Gasteiger partial charge on any atom is 0.305 e. The van der Waals surface area contributed by atoms with Crippen molar-refractivity contribution in [3.8, 4) is 0 Å². The number of ether oxygens (including phenoxy) is 1. The molecule has 1 aliphatic rings. The van der Waals surface area contributed by atoms with Crippen molar-refractivity contribution >= 4 is 10.2 Å². The van der Waals surface area contributed by atoms with Gasteiger partial charge in [0, 0.05) is 7.11 Å². The standard InChI is InChI=1S/C5H9FO3S/c1-9-4-2-5(3-4)10(6,7)8/h4-5H,2-3H2,1H3. The molecule has 1 fully saturated rings. The highest BCUT2D eigenvalue weighted by atomic mass is 32.3. The Morgan fingerprint density at radius 2 is 2.00 bits per heavy atom. The lowest BCUT2D eigenvalue weighted by atomic mass is 9.95. The first-order chi connectivity index (χ1) is 4.54. The van der Waals surface area contributed by atoms with Gasteiger partial charge in [-0.2, -0.15) is 8.42 Å². The topological polar surface area (TPSA) is 43.4 Å². The van der Waals surface area contributed by atoms with E-state index in [-0.39, 0.29) is 6.10 Å². The van der Waals surface area contributed by atoms with E-state index in [9.17, 15) is 12.3 Å². The van der Waals surface area contributed by atoms with E-state index in [0.29, 0.717) is 12.8 Å². The van der Waals surface area contributed by atoms with Crippen LogP contribution in [0.2, 0.25) is 0 Å². The van der Waals surface area contributed by atoms with Crippen LogP contribution in [0, 0.1) is 0 Å². The molecule has 0 aliphatic heterocycles. The van der Waals surface area contributed by atoms with E-state index < -0.39 is 15.5 Å². The largest absolute Gasteiger partial charge is 0.381 e. The lowest BCUT2D eigenvalue weighted by Gasteiger charge is -2.30. The summed E-state index contributed by atoms with van der Waals surface area (Å²) in [5.74, 6) is 0. The van der Waals surface area contributed by atoms with Gasteiger partial charge in [-0.25, -0.2) is 0 Å². The fourth-order valence-corrected chi connectivity index (χ4v) is 1.83. The van der Waals surface area contributed by atoms with E-state index in [2.05, 4.69) is 0 Å². The Kier molecular flexibility index (Phi) is 1.96. The molecule has 60 valence electrons. The zero-order chi connectivity index (χ0) is 7.78. The molecule has 5 heteroatoms. The summed E-state index contributed by atoms with van der Waals surface area (Å²) in [6, 6.07) is 0. The van der Waals surface area contributed by atoms with Gasteiger partial charge >= 0.3 is 10.2 Å². The van der Waals surface area contributed by atoms with Crippen LogP contribution in [0.5, 0.6) is 0 Å². The Morgan fingerprint density at radius 3 is 2.30 bits per heavy atom. The third kappa shape index (κ3) is 1.46. The number of methoxy groups -OCH3 is 1. The lowest BCUT2D eigenvalue weighted by Crippen LogP contribution is -2.38. The van der Waals surface area contributed by atoms with Gasteiger partial charge in [0.05, 0.1) is 11.4 Å². The molecule has 0 spiro atoms. The minimum atomic E-state index is -4.29. The molecular weight excluding hydrogens is 159 g/mol. The van der Waals surface area contributed by atoms with Crippen molar-refractivity contribution in [1.29, 1.82) is 0 Å². The predicted octanol–water partition coefficient (Wildman–Crippen LogP) is 0.463. The first kappa shape index (κ1) is 7.94. The average Bonchev–Trinajstić information content (AvgIpc) is 1.57. The van der Waals surface area contributed by atoms with Gasteiger partial charge in [0.1, 0.15) is 0 Å². The van der Waals surface area contributed by atoms with E-state index in [1.807, 2.05) is 0 Å². The van der Waals surface area contributed by atoms with E-state index in [1.54, 1.807) is 0 Å². The van der Waals surface area contributed by atoms with Crippen LogP contribution in [0.3, 0.4) is 0 Å². The second-order valence-corrected chi connectivity index (χ2v) is 4.04. The third-order valence-corrected chi connectivity index (χ3v) is 2.96. The van der Waals surface area contributed by atoms with E-state index in [1.165, 1.54) is 7.11 Å². The number of hydrogen-bond acceptors (Lipinski definition) is 3. The Labute approximate surface area is 59.4 Å². The quantitative estimate of drug-likeness (QED) is 0.563. The highest BCUT2D eigenvalue weighted by molar-refractivity contribution is 7.87. The van der Waals surface area contributed by atoms with Gasteiger partial charge in [0.25, 0.3) is 0 Å². The number of halogens is 1. The Morgan fingerprint density at radius 1 is 1.50 bits per heavy atom. The van der Waals surface area contributed by atoms with E-state index in [4.69, 9.17) is 4.74 Å². The predicted molar refractivity (Wildman–Crippen MR) is 33.8 cm³/mol. The zero-order valence-corrected chi connectivity index (χ0v) is 6.40. The fourth-order valence-electron chi connectivity index (χ4n) is 0.940. The van der Waals surface area contributed by atoms with Gasteiger partial charge in [0.2, 0.25) is 0 Å². The lowest BCUT2D eigenvalue weighted by molar-refractivity contribution is 0.0427. The summed E-state index contributed by atoms with van der Waals surface area (Å²) in [4.78, 5) is 0. The fraction of sp³-hybridized carbons (Fsp3) is 1.00. The van der Waals surface area contributed by atoms with Crippen molar-refractivity contribution in [2.75, 3.05) is 7.11 Å². The van der Waals surface area contributed by atoms with Gasteiger partial charge in [0.15, 0.2) is 0 Å². The monoisotopic (exact) mass is 168 g/mol. The number of hydrogen-bond donors (Lipinski definition) is 0. The van der Waals surface area contributed by atoms with Crippen molar-refractivity contribution in [3.63, 3.8) is 0 Å². The highest BCUT2D eigenvalue weighted by Gasteiger charge is 2.38. The molecule has 0 aromatic carbocycles. The minimum Gasteiger partial charge on any atom is -0.381 e. The molecule has 0 amide bonds. The van der Waals surface area contributed by atoms with Crippen molar-refractivity contribution in [1.82, 2.24) is 0 Å². The van der Waals surface area contributed by atoms with Crippen LogP contribution in [0.15, 0.2) is 0 Å². The number of rotatable bonds is 2. The molecular formula is C5H9FO3S. The molecule has 0 N–H and O–H groups in total. The average molecular weight is 168 g/mol. The Hall–Kier alpha value is -0.160. The second kappa shape index (κ2) is 2.47. The van der Waals surface area contributed by atoms with Crippen LogP contribution in [0.1, 0.15) is 12.8 Å². The zero-order valence-electron chi connectivity index (χ0n) is 5.58. The summed E-state index contributed by atoms with van der Waals surface area (Å²) in [5.41, 5.74) is 0. The van der Waals surface area contributed by atoms with Gasteiger partial charge in [-0.3, -0.25) is 0 Å². The summed E-state index contributed by atoms with van der Waals surface area (Å²) in [7, 11) is -2.80. The first-order valence-electron chi connectivity index (χ1n) is 3.00. The molecule has 0 radical (unpaired) electrons. The molecule has 1 aliphatic carbocycles. The van der Waals surface area contributed by atoms with Crippen molar-refractivity contribution < 1.29 is 17.0 Å². The molecule has 0 atom stereocenters. The molecule has 0 heterocycles. The molecule has 1 saturated carbocycles. The van der Waals surface area contributed by atoms with Crippen LogP contribution < -0.4 is 0 Å². The van der Waals surface area contributed by atoms with Crippen LogP contribution in [-0.4, -0.2) is 26.9 Å². The molecule has 1 rings (SSSR count). The van der Waals surface area contributed by atoms with E-state index >= 15 is 0 Å². The molecule has 0 saturated heterocycles. The second-order valence-electron chi connectivity index (χ2n) is 2.43. The summed E-state index contributed by atoms with van der Waals surface area (Å²) >= 11 is 0. The molecule has 10 heavy (non-hydrogen) atoms. The normalized spacial score (nSPS) is 33.4. The summed E-state index contributed by atoms with van der Waals surface area (Å²) in [5, 5.41) is -0.808. The summed E-state index contributed by atoms with van der Waals surface area (Å²) in [6.45, 7) is 0. The van der Waals surface area contributed by atoms with Crippen LogP contribution >= 0.6 is 0 Å². The van der Waals surface area contributed by atoms with Gasteiger partial charge < -0.3 is 4.74 Å². The molecule has 0 bridgehead atoms. The smallest absolute Gasteiger partial charge is 0.305 e. The van der Waals surface area contributed by atoms with Crippen molar-refractivity contribution in [2.45, 2.75) is 24.2 Å². The van der Waals surface area contributed by atoms with Crippen molar-refractivity contribution in [2.24, 2.45) is 0 Å². The maximum absolute atomic E-state index is 12.1. The Balaban J connectivity index is 2.41. The van der Waals surface area contributed by atoms with Gasteiger partial charge in [-0.1, -0.05) is 0 Å². The van der Waals surface area contributed by atoms with E-state index in [0.717, 1.165) is 0 Å². The Bertz CT molecular complexity index is 205. The summed E-state index contributed by atoms with van der Waals surface area (Å²) in [6.07, 6.45) is 0.542. The maximum atomic E-state index is 12.1. The molecule has 0 unspecified atom stereocenters. The minimum absolute atomic E-state index is 0.0597. The molecule has 0 aromatic rings.